The van der Waals surface area contributed by atoms with Crippen LogP contribution in [0, 0.1) is 0 Å². The monoisotopic (exact) mass is 494 g/mol. The summed E-state index contributed by atoms with van der Waals surface area (Å²) in [6.07, 6.45) is 8.17. The van der Waals surface area contributed by atoms with Crippen LogP contribution in [0.1, 0.15) is 6.92 Å². The summed E-state index contributed by atoms with van der Waals surface area (Å²) in [5.74, 6) is 0. The van der Waals surface area contributed by atoms with Crippen LogP contribution in [-0.2, 0) is 10.0 Å². The molecule has 0 bridgehead atoms. The van der Waals surface area contributed by atoms with Gasteiger partial charge in [0.25, 0.3) is 5.56 Å². The van der Waals surface area contributed by atoms with Crippen LogP contribution in [0.25, 0.3) is 10.9 Å². The lowest BCUT2D eigenvalue weighted by Crippen LogP contribution is -2.45. The number of nitrogens with zero attached hydrogens (tertiary/aromatic N) is 1. The Morgan fingerprint density at radius 2 is 2.14 bits per heavy atom. The number of rotatable bonds is 2. The Hall–Kier alpha value is -0.870. The fraction of sp³-hybridized carbons (Fsp3) is 0.214. The van der Waals surface area contributed by atoms with Gasteiger partial charge in [-0.25, -0.2) is 12.4 Å². The summed E-state index contributed by atoms with van der Waals surface area (Å²) in [6, 6.07) is 3.31. The van der Waals surface area contributed by atoms with Crippen molar-refractivity contribution in [3.63, 3.8) is 0 Å². The summed E-state index contributed by atoms with van der Waals surface area (Å²) in [5.41, 5.74) is -0.273. The zero-order valence-electron chi connectivity index (χ0n) is 11.5. The Morgan fingerprint density at radius 1 is 1.41 bits per heavy atom. The summed E-state index contributed by atoms with van der Waals surface area (Å²) in [7, 11) is -3.80. The van der Waals surface area contributed by atoms with Gasteiger partial charge in [0.1, 0.15) is 10.3 Å². The highest BCUT2D eigenvalue weighted by molar-refractivity contribution is 14.1. The third kappa shape index (κ3) is 2.23. The molecular formula is C14H12BrIN2O3S. The lowest BCUT2D eigenvalue weighted by Gasteiger charge is -2.32. The number of nitrogens with one attached hydrogen (secondary N) is 1. The van der Waals surface area contributed by atoms with E-state index in [1.54, 1.807) is 31.2 Å². The van der Waals surface area contributed by atoms with E-state index in [0.29, 0.717) is 5.39 Å². The van der Waals surface area contributed by atoms with E-state index in [-0.39, 0.29) is 9.44 Å². The highest BCUT2D eigenvalue weighted by Crippen LogP contribution is 2.37. The van der Waals surface area contributed by atoms with Crippen molar-refractivity contribution in [2.45, 2.75) is 15.6 Å². The standard InChI is InChI=1S/C14H12BrIN2O3S/c1-14(5-2-10(15)8-11(14)16)22(20,21)18-7-4-9-3-6-17-13(19)12(9)18/h2-8,11H,1H3,(H,17,19). The maximum absolute atomic E-state index is 13.2. The van der Waals surface area contributed by atoms with E-state index in [1.165, 1.54) is 12.4 Å². The van der Waals surface area contributed by atoms with Gasteiger partial charge in [0.2, 0.25) is 10.0 Å². The van der Waals surface area contributed by atoms with Gasteiger partial charge in [0, 0.05) is 22.3 Å². The molecule has 2 heterocycles. The van der Waals surface area contributed by atoms with Crippen molar-refractivity contribution in [2.24, 2.45) is 0 Å². The van der Waals surface area contributed by atoms with Crippen LogP contribution in [0.4, 0.5) is 0 Å². The van der Waals surface area contributed by atoms with Crippen molar-refractivity contribution in [1.29, 1.82) is 0 Å². The SMILES string of the molecule is CC1(S(=O)(=O)n2ccc3cc[nH]c(=O)c32)C=CC(Br)=CC1I. The number of fused-ring (bicyclic) bond motifs is 1. The summed E-state index contributed by atoms with van der Waals surface area (Å²) in [6.45, 7) is 1.66. The maximum atomic E-state index is 13.2. The van der Waals surface area contributed by atoms with E-state index < -0.39 is 20.3 Å². The van der Waals surface area contributed by atoms with Crippen LogP contribution < -0.4 is 5.56 Å². The number of alkyl halides is 1. The second kappa shape index (κ2) is 5.34. The first-order chi connectivity index (χ1) is 10.3. The topological polar surface area (TPSA) is 71.9 Å². The molecule has 0 aliphatic heterocycles. The number of allylic oxidation sites excluding steroid dienone is 3. The van der Waals surface area contributed by atoms with Crippen molar-refractivity contribution >= 4 is 59.4 Å². The Labute approximate surface area is 149 Å². The van der Waals surface area contributed by atoms with Crippen LogP contribution in [0.2, 0.25) is 0 Å². The maximum Gasteiger partial charge on any atom is 0.273 e. The molecule has 2 atom stereocenters. The summed E-state index contributed by atoms with van der Waals surface area (Å²) in [5, 5.41) is 0.595. The average Bonchev–Trinajstić information content (AvgIpc) is 2.89. The molecule has 1 aliphatic carbocycles. The zero-order chi connectivity index (χ0) is 16.1. The zero-order valence-corrected chi connectivity index (χ0v) is 16.0. The molecule has 2 unspecified atom stereocenters. The van der Waals surface area contributed by atoms with Crippen LogP contribution in [0.15, 0.2) is 52.0 Å². The number of halogens is 2. The van der Waals surface area contributed by atoms with E-state index in [2.05, 4.69) is 43.5 Å². The Balaban J connectivity index is 2.26. The van der Waals surface area contributed by atoms with E-state index >= 15 is 0 Å². The van der Waals surface area contributed by atoms with Crippen LogP contribution in [-0.4, -0.2) is 26.0 Å². The van der Waals surface area contributed by atoms with E-state index in [1.807, 2.05) is 6.08 Å². The third-order valence-corrected chi connectivity index (χ3v) is 8.75. The fourth-order valence-electron chi connectivity index (χ4n) is 2.41. The molecule has 0 saturated carbocycles. The van der Waals surface area contributed by atoms with Gasteiger partial charge in [-0.1, -0.05) is 56.7 Å². The van der Waals surface area contributed by atoms with Crippen LogP contribution in [0.3, 0.4) is 0 Å². The van der Waals surface area contributed by atoms with Crippen LogP contribution >= 0.6 is 38.5 Å². The molecule has 0 amide bonds. The molecule has 0 saturated heterocycles. The predicted octanol–water partition coefficient (Wildman–Crippen LogP) is 2.92. The molecular weight excluding hydrogens is 483 g/mol. The number of hydrogen-bond acceptors (Lipinski definition) is 3. The van der Waals surface area contributed by atoms with E-state index in [9.17, 15) is 13.2 Å². The minimum Gasteiger partial charge on any atom is -0.327 e. The van der Waals surface area contributed by atoms with Gasteiger partial charge in [0.15, 0.2) is 0 Å². The Morgan fingerprint density at radius 3 is 2.82 bits per heavy atom. The first-order valence-electron chi connectivity index (χ1n) is 6.42. The average molecular weight is 495 g/mol. The van der Waals surface area contributed by atoms with Crippen molar-refractivity contribution < 1.29 is 8.42 Å². The molecule has 1 N–H and O–H groups in total. The van der Waals surface area contributed by atoms with E-state index in [4.69, 9.17) is 0 Å². The number of aromatic amines is 1. The van der Waals surface area contributed by atoms with Crippen molar-refractivity contribution in [1.82, 2.24) is 8.96 Å². The fourth-order valence-corrected chi connectivity index (χ4v) is 6.52. The normalized spacial score (nSPS) is 25.4. The Kier molecular flexibility index (Phi) is 3.89. The van der Waals surface area contributed by atoms with Gasteiger partial charge in [-0.15, -0.1) is 0 Å². The smallest absolute Gasteiger partial charge is 0.273 e. The number of H-pyrrole nitrogens is 1. The molecule has 0 radical (unpaired) electrons. The van der Waals surface area contributed by atoms with Crippen molar-refractivity contribution in [3.8, 4) is 0 Å². The van der Waals surface area contributed by atoms with Gasteiger partial charge in [-0.05, 0) is 19.1 Å². The number of aromatic nitrogens is 2. The molecule has 1 aliphatic rings. The Bertz CT molecular complexity index is 973. The quantitative estimate of drug-likeness (QED) is 0.515. The third-order valence-electron chi connectivity index (χ3n) is 3.82. The van der Waals surface area contributed by atoms with Crippen LogP contribution in [0.5, 0.6) is 0 Å². The largest absolute Gasteiger partial charge is 0.327 e. The highest BCUT2D eigenvalue weighted by atomic mass is 127. The lowest BCUT2D eigenvalue weighted by atomic mass is 10.0. The summed E-state index contributed by atoms with van der Waals surface area (Å²) in [4.78, 5) is 14.6. The molecule has 5 nitrogen and oxygen atoms in total. The molecule has 116 valence electrons. The van der Waals surface area contributed by atoms with Gasteiger partial charge in [0.05, 0.1) is 3.92 Å². The molecule has 8 heteroatoms. The minimum absolute atomic E-state index is 0.148. The summed E-state index contributed by atoms with van der Waals surface area (Å²) < 4.78 is 26.8. The molecule has 2 aromatic heterocycles. The molecule has 0 spiro atoms. The molecule has 3 rings (SSSR count). The number of hydrogen-bond donors (Lipinski definition) is 1. The first-order valence-corrected chi connectivity index (χ1v) is 9.90. The van der Waals surface area contributed by atoms with Crippen molar-refractivity contribution in [3.05, 3.63) is 57.6 Å². The summed E-state index contributed by atoms with van der Waals surface area (Å²) >= 11 is 5.46. The second-order valence-corrected chi connectivity index (χ2v) is 9.68. The molecule has 0 aromatic carbocycles. The van der Waals surface area contributed by atoms with Crippen molar-refractivity contribution in [2.75, 3.05) is 0 Å². The van der Waals surface area contributed by atoms with E-state index in [0.717, 1.165) is 8.45 Å². The molecule has 0 fully saturated rings. The van der Waals surface area contributed by atoms with Gasteiger partial charge < -0.3 is 4.98 Å². The highest BCUT2D eigenvalue weighted by Gasteiger charge is 2.45. The lowest BCUT2D eigenvalue weighted by molar-refractivity contribution is 0.559. The molecule has 2 aromatic rings. The van der Waals surface area contributed by atoms with Gasteiger partial charge >= 0.3 is 0 Å². The number of pyridine rings is 1. The molecule has 22 heavy (non-hydrogen) atoms. The minimum atomic E-state index is -3.80. The van der Waals surface area contributed by atoms with Gasteiger partial charge in [-0.3, -0.25) is 4.79 Å². The van der Waals surface area contributed by atoms with Gasteiger partial charge in [-0.2, -0.15) is 0 Å². The predicted molar refractivity (Wildman–Crippen MR) is 99.2 cm³/mol. The first kappa shape index (κ1) is 16.0. The second-order valence-electron chi connectivity index (χ2n) is 5.20.